The minimum atomic E-state index is -0.294. The molecule has 0 saturated carbocycles. The van der Waals surface area contributed by atoms with Crippen molar-refractivity contribution in [1.82, 2.24) is 20.1 Å². The van der Waals surface area contributed by atoms with Gasteiger partial charge in [0.05, 0.1) is 18.4 Å². The predicted molar refractivity (Wildman–Crippen MR) is 103 cm³/mol. The second-order valence-electron chi connectivity index (χ2n) is 7.65. The zero-order valence-corrected chi connectivity index (χ0v) is 16.7. The summed E-state index contributed by atoms with van der Waals surface area (Å²) in [4.78, 5) is 12.1. The van der Waals surface area contributed by atoms with Crippen LogP contribution >= 0.6 is 11.8 Å². The Hall–Kier alpha value is -1.93. The smallest absolute Gasteiger partial charge is 0.230 e. The van der Waals surface area contributed by atoms with Crippen LogP contribution in [0.15, 0.2) is 29.4 Å². The van der Waals surface area contributed by atoms with Gasteiger partial charge in [0.2, 0.25) is 5.91 Å². The number of rotatable bonds is 6. The summed E-state index contributed by atoms with van der Waals surface area (Å²) in [5.74, 6) is 0.564. The van der Waals surface area contributed by atoms with E-state index in [1.54, 1.807) is 12.1 Å². The summed E-state index contributed by atoms with van der Waals surface area (Å²) in [6.45, 7) is 7.21. The maximum atomic E-state index is 13.3. The van der Waals surface area contributed by atoms with Gasteiger partial charge in [-0.3, -0.25) is 9.36 Å². The van der Waals surface area contributed by atoms with Crippen molar-refractivity contribution in [2.75, 3.05) is 12.4 Å². The molecule has 2 aromatic rings. The summed E-state index contributed by atoms with van der Waals surface area (Å²) in [6, 6.07) is 6.19. The van der Waals surface area contributed by atoms with E-state index in [1.807, 2.05) is 25.3 Å². The summed E-state index contributed by atoms with van der Waals surface area (Å²) in [7, 11) is 0. The molecule has 8 heteroatoms. The van der Waals surface area contributed by atoms with Crippen molar-refractivity contribution in [3.63, 3.8) is 0 Å². The molecule has 1 fully saturated rings. The third kappa shape index (κ3) is 5.52. The number of amides is 1. The lowest BCUT2D eigenvalue weighted by Gasteiger charge is -2.20. The number of benzene rings is 1. The van der Waals surface area contributed by atoms with Crippen molar-refractivity contribution in [1.29, 1.82) is 0 Å². The molecule has 2 heterocycles. The average Bonchev–Trinajstić information content (AvgIpc) is 3.23. The number of carbonyl (C=O) groups excluding carboxylic acids is 1. The van der Waals surface area contributed by atoms with Crippen LogP contribution in [0.3, 0.4) is 0 Å². The SMILES string of the molecule is CC(C)(C)NC(=O)CSc1nnc(-c2ccc(F)cc2)n1C[C@@H]1CCCO1. The lowest BCUT2D eigenvalue weighted by Crippen LogP contribution is -2.41. The highest BCUT2D eigenvalue weighted by Crippen LogP contribution is 2.26. The van der Waals surface area contributed by atoms with E-state index >= 15 is 0 Å². The number of nitrogens with zero attached hydrogens (tertiary/aromatic N) is 3. The van der Waals surface area contributed by atoms with E-state index in [-0.39, 0.29) is 29.1 Å². The molecule has 146 valence electrons. The molecule has 6 nitrogen and oxygen atoms in total. The molecule has 0 radical (unpaired) electrons. The fourth-order valence-corrected chi connectivity index (χ4v) is 3.70. The number of nitrogens with one attached hydrogen (secondary N) is 1. The summed E-state index contributed by atoms with van der Waals surface area (Å²) in [6.07, 6.45) is 2.12. The third-order valence-corrected chi connectivity index (χ3v) is 5.04. The monoisotopic (exact) mass is 392 g/mol. The van der Waals surface area contributed by atoms with Gasteiger partial charge in [-0.2, -0.15) is 0 Å². The molecule has 1 saturated heterocycles. The Labute approximate surface area is 162 Å². The highest BCUT2D eigenvalue weighted by Gasteiger charge is 2.23. The third-order valence-electron chi connectivity index (χ3n) is 4.08. The molecule has 0 spiro atoms. The fraction of sp³-hybridized carbons (Fsp3) is 0.526. The van der Waals surface area contributed by atoms with Gasteiger partial charge in [-0.15, -0.1) is 10.2 Å². The van der Waals surface area contributed by atoms with E-state index in [1.165, 1.54) is 23.9 Å². The second-order valence-corrected chi connectivity index (χ2v) is 8.59. The molecule has 1 aliphatic rings. The van der Waals surface area contributed by atoms with Crippen LogP contribution in [0.2, 0.25) is 0 Å². The molecule has 27 heavy (non-hydrogen) atoms. The Kier molecular flexibility index (Phi) is 6.16. The van der Waals surface area contributed by atoms with Crippen LogP contribution in [0.25, 0.3) is 11.4 Å². The topological polar surface area (TPSA) is 69.0 Å². The van der Waals surface area contributed by atoms with Crippen LogP contribution < -0.4 is 5.32 Å². The van der Waals surface area contributed by atoms with E-state index in [0.29, 0.717) is 17.5 Å². The molecule has 1 aromatic carbocycles. The fourth-order valence-electron chi connectivity index (χ4n) is 2.95. The number of hydrogen-bond donors (Lipinski definition) is 1. The number of ether oxygens (including phenoxy) is 1. The van der Waals surface area contributed by atoms with Crippen molar-refractivity contribution < 1.29 is 13.9 Å². The van der Waals surface area contributed by atoms with Crippen molar-refractivity contribution in [3.05, 3.63) is 30.1 Å². The summed E-state index contributed by atoms with van der Waals surface area (Å²) < 4.78 is 21.0. The molecule has 0 unspecified atom stereocenters. The number of halogens is 1. The van der Waals surface area contributed by atoms with Gasteiger partial charge in [0.25, 0.3) is 0 Å². The van der Waals surface area contributed by atoms with E-state index in [9.17, 15) is 9.18 Å². The first-order chi connectivity index (χ1) is 12.8. The highest BCUT2D eigenvalue weighted by atomic mass is 32.2. The maximum Gasteiger partial charge on any atom is 0.230 e. The number of aromatic nitrogens is 3. The molecule has 0 aliphatic carbocycles. The lowest BCUT2D eigenvalue weighted by atomic mass is 10.1. The standard InChI is InChI=1S/C19H25FN4O2S/c1-19(2,3)21-16(25)12-27-18-23-22-17(13-6-8-14(20)9-7-13)24(18)11-15-5-4-10-26-15/h6-9,15H,4-5,10-12H2,1-3H3,(H,21,25)/t15-/m0/s1. The van der Waals surface area contributed by atoms with Gasteiger partial charge < -0.3 is 10.1 Å². The number of hydrogen-bond acceptors (Lipinski definition) is 5. The van der Waals surface area contributed by atoms with E-state index in [4.69, 9.17) is 4.74 Å². The van der Waals surface area contributed by atoms with Gasteiger partial charge in [0.1, 0.15) is 5.82 Å². The number of thioether (sulfide) groups is 1. The minimum absolute atomic E-state index is 0.0532. The second kappa shape index (κ2) is 8.39. The van der Waals surface area contributed by atoms with Crippen LogP contribution in [-0.2, 0) is 16.1 Å². The highest BCUT2D eigenvalue weighted by molar-refractivity contribution is 7.99. The summed E-state index contributed by atoms with van der Waals surface area (Å²) in [5, 5.41) is 12.2. The molecule has 1 N–H and O–H groups in total. The Morgan fingerprint density at radius 2 is 2.07 bits per heavy atom. The quantitative estimate of drug-likeness (QED) is 0.764. The average molecular weight is 393 g/mol. The van der Waals surface area contributed by atoms with Crippen molar-refractivity contribution in [2.24, 2.45) is 0 Å². The van der Waals surface area contributed by atoms with Gasteiger partial charge in [-0.05, 0) is 57.9 Å². The Bertz CT molecular complexity index is 780. The molecule has 0 bridgehead atoms. The molecule has 1 aliphatic heterocycles. The Morgan fingerprint density at radius 1 is 1.33 bits per heavy atom. The van der Waals surface area contributed by atoms with Crippen LogP contribution in [0, 0.1) is 5.82 Å². The van der Waals surface area contributed by atoms with Gasteiger partial charge in [0, 0.05) is 17.7 Å². The van der Waals surface area contributed by atoms with Crippen LogP contribution in [0.5, 0.6) is 0 Å². The lowest BCUT2D eigenvalue weighted by molar-refractivity contribution is -0.119. The molecule has 1 atom stereocenters. The van der Waals surface area contributed by atoms with Gasteiger partial charge in [-0.25, -0.2) is 4.39 Å². The largest absolute Gasteiger partial charge is 0.376 e. The molecule has 1 amide bonds. The zero-order chi connectivity index (χ0) is 19.4. The van der Waals surface area contributed by atoms with E-state index < -0.39 is 0 Å². The molecule has 1 aromatic heterocycles. The molecule has 3 rings (SSSR count). The minimum Gasteiger partial charge on any atom is -0.376 e. The first-order valence-corrected chi connectivity index (χ1v) is 10.0. The normalized spacial score (nSPS) is 17.3. The Balaban J connectivity index is 1.80. The van der Waals surface area contributed by atoms with Crippen LogP contribution in [0.4, 0.5) is 4.39 Å². The maximum absolute atomic E-state index is 13.3. The van der Waals surface area contributed by atoms with E-state index in [0.717, 1.165) is 25.0 Å². The van der Waals surface area contributed by atoms with Crippen LogP contribution in [0.1, 0.15) is 33.6 Å². The van der Waals surface area contributed by atoms with Gasteiger partial charge in [0.15, 0.2) is 11.0 Å². The van der Waals surface area contributed by atoms with Gasteiger partial charge >= 0.3 is 0 Å². The van der Waals surface area contributed by atoms with Gasteiger partial charge in [-0.1, -0.05) is 11.8 Å². The van der Waals surface area contributed by atoms with Crippen molar-refractivity contribution in [3.8, 4) is 11.4 Å². The van der Waals surface area contributed by atoms with E-state index in [2.05, 4.69) is 15.5 Å². The Morgan fingerprint density at radius 3 is 2.70 bits per heavy atom. The zero-order valence-electron chi connectivity index (χ0n) is 15.9. The molecular formula is C19H25FN4O2S. The summed E-state index contributed by atoms with van der Waals surface area (Å²) in [5.41, 5.74) is 0.510. The van der Waals surface area contributed by atoms with Crippen LogP contribution in [-0.4, -0.2) is 44.7 Å². The van der Waals surface area contributed by atoms with Crippen molar-refractivity contribution in [2.45, 2.75) is 57.0 Å². The first kappa shape index (κ1) is 19.8. The predicted octanol–water partition coefficient (Wildman–Crippen LogP) is 3.27. The first-order valence-electron chi connectivity index (χ1n) is 9.06. The molecular weight excluding hydrogens is 367 g/mol. The van der Waals surface area contributed by atoms with Crippen molar-refractivity contribution >= 4 is 17.7 Å². The summed E-state index contributed by atoms with van der Waals surface area (Å²) >= 11 is 1.35. The number of carbonyl (C=O) groups is 1.